The van der Waals surface area contributed by atoms with Gasteiger partial charge in [-0.2, -0.15) is 0 Å². The average Bonchev–Trinajstić information content (AvgIpc) is 2.33. The van der Waals surface area contributed by atoms with Gasteiger partial charge in [0.1, 0.15) is 5.75 Å². The number of unbranched alkanes of at least 4 members (excludes halogenated alkanes) is 5. The van der Waals surface area contributed by atoms with E-state index in [0.29, 0.717) is 5.75 Å². The van der Waals surface area contributed by atoms with Crippen molar-refractivity contribution >= 4 is 10.4 Å². The van der Waals surface area contributed by atoms with Gasteiger partial charge in [-0.05, 0) is 24.5 Å². The largest absolute Gasteiger partial charge is 0.759 e. The second-order valence-corrected chi connectivity index (χ2v) is 5.37. The Morgan fingerprint density at radius 3 is 2.00 bits per heavy atom. The van der Waals surface area contributed by atoms with E-state index in [0.717, 1.165) is 12.0 Å². The molecule has 0 bridgehead atoms. The van der Waals surface area contributed by atoms with Crippen LogP contribution in [-0.2, 0) is 16.8 Å². The molecule has 0 amide bonds. The third-order valence-electron chi connectivity index (χ3n) is 2.79. The van der Waals surface area contributed by atoms with E-state index in [1.165, 1.54) is 38.5 Å². The Bertz CT molecular complexity index is 454. The number of rotatable bonds is 7. The lowest BCUT2D eigenvalue weighted by atomic mass is 10.0. The number of aromatic hydroxyl groups is 1. The summed E-state index contributed by atoms with van der Waals surface area (Å²) >= 11 is 0. The minimum absolute atomic E-state index is 0. The van der Waals surface area contributed by atoms with Crippen LogP contribution in [0.25, 0.3) is 0 Å². The molecule has 0 unspecified atom stereocenters. The normalized spacial score (nSPS) is 10.2. The van der Waals surface area contributed by atoms with Gasteiger partial charge >= 0.3 is 0 Å². The van der Waals surface area contributed by atoms with Gasteiger partial charge in [0.15, 0.2) is 0 Å². The maximum atomic E-state index is 9.55. The zero-order valence-electron chi connectivity index (χ0n) is 12.7. The minimum Gasteiger partial charge on any atom is -0.759 e. The predicted octanol–water partition coefficient (Wildman–Crippen LogP) is 3.33. The number of phenols is 1. The molecule has 0 spiro atoms. The third kappa shape index (κ3) is 16.8. The van der Waals surface area contributed by atoms with Crippen molar-refractivity contribution in [3.8, 4) is 5.75 Å². The molecule has 1 aromatic carbocycles. The van der Waals surface area contributed by atoms with Crippen LogP contribution in [0, 0.1) is 0 Å². The van der Waals surface area contributed by atoms with Gasteiger partial charge in [0, 0.05) is 10.4 Å². The molecule has 7 heteroatoms. The molecule has 0 fully saturated rings. The molecular formula is C14H26NO5S-. The van der Waals surface area contributed by atoms with Crippen molar-refractivity contribution in [1.82, 2.24) is 6.15 Å². The van der Waals surface area contributed by atoms with Gasteiger partial charge in [0.05, 0.1) is 0 Å². The zero-order chi connectivity index (χ0) is 15.4. The Kier molecular flexibility index (Phi) is 13.3. The summed E-state index contributed by atoms with van der Waals surface area (Å²) in [5.41, 5.74) is 1.09. The highest BCUT2D eigenvalue weighted by Crippen LogP contribution is 2.18. The number of hydrogen-bond acceptors (Lipinski definition) is 5. The van der Waals surface area contributed by atoms with Gasteiger partial charge in [-0.1, -0.05) is 57.2 Å². The molecule has 5 N–H and O–H groups in total. The molecule has 0 aliphatic heterocycles. The maximum absolute atomic E-state index is 9.55. The van der Waals surface area contributed by atoms with Crippen LogP contribution in [0.2, 0.25) is 0 Å². The van der Waals surface area contributed by atoms with Crippen LogP contribution in [0.1, 0.15) is 51.0 Å². The highest BCUT2D eigenvalue weighted by molar-refractivity contribution is 7.79. The number of benzene rings is 1. The first-order valence-corrected chi connectivity index (χ1v) is 8.11. The second-order valence-electron chi connectivity index (χ2n) is 4.55. The van der Waals surface area contributed by atoms with E-state index in [-0.39, 0.29) is 6.15 Å². The van der Waals surface area contributed by atoms with Crippen LogP contribution < -0.4 is 6.15 Å². The van der Waals surface area contributed by atoms with E-state index >= 15 is 0 Å². The van der Waals surface area contributed by atoms with E-state index in [1.807, 2.05) is 18.2 Å². The van der Waals surface area contributed by atoms with E-state index in [1.54, 1.807) is 6.07 Å². The summed E-state index contributed by atoms with van der Waals surface area (Å²) in [5, 5.41) is 9.55. The van der Waals surface area contributed by atoms with Gasteiger partial charge in [-0.3, -0.25) is 8.42 Å². The lowest BCUT2D eigenvalue weighted by Crippen LogP contribution is -1.91. The Hall–Kier alpha value is -1.15. The van der Waals surface area contributed by atoms with Gasteiger partial charge in [0.2, 0.25) is 0 Å². The number of aryl methyl sites for hydroxylation is 1. The van der Waals surface area contributed by atoms with Crippen LogP contribution in [-0.4, -0.2) is 22.6 Å². The van der Waals surface area contributed by atoms with Crippen LogP contribution in [0.3, 0.4) is 0 Å². The van der Waals surface area contributed by atoms with Gasteiger partial charge in [0.25, 0.3) is 0 Å². The minimum atomic E-state index is -5.17. The third-order valence-corrected chi connectivity index (χ3v) is 2.79. The van der Waals surface area contributed by atoms with Crippen molar-refractivity contribution in [3.05, 3.63) is 29.8 Å². The van der Waals surface area contributed by atoms with Crippen molar-refractivity contribution in [2.24, 2.45) is 0 Å². The Balaban J connectivity index is 0. The number of phenolic OH excluding ortho intramolecular Hbond substituents is 1. The number of quaternary nitrogens is 1. The first kappa shape index (κ1) is 22.1. The summed E-state index contributed by atoms with van der Waals surface area (Å²) in [6.45, 7) is 2.24. The van der Waals surface area contributed by atoms with Crippen LogP contribution >= 0.6 is 0 Å². The summed E-state index contributed by atoms with van der Waals surface area (Å²) < 4.78 is 34.1. The quantitative estimate of drug-likeness (QED) is 0.451. The lowest BCUT2D eigenvalue weighted by Gasteiger charge is -2.06. The van der Waals surface area contributed by atoms with Crippen LogP contribution in [0.15, 0.2) is 24.3 Å². The van der Waals surface area contributed by atoms with E-state index < -0.39 is 10.4 Å². The summed E-state index contributed by atoms with van der Waals surface area (Å²) in [7, 11) is -5.17. The average molecular weight is 320 g/mol. The molecule has 0 radical (unpaired) electrons. The molecule has 0 aliphatic rings. The molecule has 0 aliphatic carbocycles. The first-order chi connectivity index (χ1) is 9.34. The first-order valence-electron chi connectivity index (χ1n) is 6.78. The fourth-order valence-corrected chi connectivity index (χ4v) is 1.82. The number of hydrogen-bond donors (Lipinski definition) is 2. The zero-order valence-corrected chi connectivity index (χ0v) is 13.6. The molecule has 6 nitrogen and oxygen atoms in total. The van der Waals surface area contributed by atoms with Crippen molar-refractivity contribution in [3.63, 3.8) is 0 Å². The van der Waals surface area contributed by atoms with Crippen LogP contribution in [0.4, 0.5) is 0 Å². The monoisotopic (exact) mass is 320 g/mol. The van der Waals surface area contributed by atoms with E-state index in [4.69, 9.17) is 17.5 Å². The lowest BCUT2D eigenvalue weighted by molar-refractivity contribution is 0.352. The highest BCUT2D eigenvalue weighted by atomic mass is 32.3. The molecule has 0 atom stereocenters. The Morgan fingerprint density at radius 1 is 1.00 bits per heavy atom. The predicted molar refractivity (Wildman–Crippen MR) is 81.6 cm³/mol. The van der Waals surface area contributed by atoms with Gasteiger partial charge in [-0.15, -0.1) is 0 Å². The molecular weight excluding hydrogens is 294 g/mol. The fourth-order valence-electron chi connectivity index (χ4n) is 1.82. The van der Waals surface area contributed by atoms with Gasteiger partial charge in [-0.25, -0.2) is 0 Å². The molecule has 0 saturated carbocycles. The smallest absolute Gasteiger partial charge is 0.118 e. The topological polar surface area (TPSA) is 137 Å². The van der Waals surface area contributed by atoms with Crippen molar-refractivity contribution in [2.45, 2.75) is 51.9 Å². The SMILES string of the molecule is CCCCCCCCc1ccccc1O.O=S(=O)([O-])[O-].[NH4+]. The summed E-state index contributed by atoms with van der Waals surface area (Å²) in [6.07, 6.45) is 8.85. The highest BCUT2D eigenvalue weighted by Gasteiger charge is 1.98. The fraction of sp³-hybridized carbons (Fsp3) is 0.571. The summed E-state index contributed by atoms with van der Waals surface area (Å²) in [6, 6.07) is 7.65. The summed E-state index contributed by atoms with van der Waals surface area (Å²) in [4.78, 5) is 0. The van der Waals surface area contributed by atoms with E-state index in [9.17, 15) is 5.11 Å². The Labute approximate surface area is 127 Å². The molecule has 21 heavy (non-hydrogen) atoms. The van der Waals surface area contributed by atoms with Crippen molar-refractivity contribution in [2.75, 3.05) is 0 Å². The van der Waals surface area contributed by atoms with Crippen molar-refractivity contribution < 1.29 is 22.6 Å². The molecule has 0 saturated heterocycles. The van der Waals surface area contributed by atoms with Crippen molar-refractivity contribution in [1.29, 1.82) is 0 Å². The molecule has 0 heterocycles. The summed E-state index contributed by atoms with van der Waals surface area (Å²) in [5.74, 6) is 0.450. The van der Waals surface area contributed by atoms with Crippen LogP contribution in [0.5, 0.6) is 5.75 Å². The molecule has 124 valence electrons. The van der Waals surface area contributed by atoms with Gasteiger partial charge < -0.3 is 20.4 Å². The molecule has 1 rings (SSSR count). The molecule has 1 aromatic rings. The standard InChI is InChI=1S/C14H22O.H3N.H2O4S/c1-2-3-4-5-6-7-10-13-11-8-9-12-14(13)15;;1-5(2,3)4/h8-9,11-12,15H,2-7,10H2,1H3;1H3;(H2,1,2,3,4)/p-1. The number of para-hydroxylation sites is 1. The molecule has 0 aromatic heterocycles. The Morgan fingerprint density at radius 2 is 1.48 bits per heavy atom. The second kappa shape index (κ2) is 12.6. The maximum Gasteiger partial charge on any atom is 0.118 e. The van der Waals surface area contributed by atoms with E-state index in [2.05, 4.69) is 6.92 Å².